The number of nitrogens with one attached hydrogen (secondary N) is 1. The molecule has 132 valence electrons. The van der Waals surface area contributed by atoms with Crippen LogP contribution in [0.25, 0.3) is 0 Å². The predicted molar refractivity (Wildman–Crippen MR) is 93.6 cm³/mol. The third-order valence-electron chi connectivity index (χ3n) is 4.50. The molecule has 0 radical (unpaired) electrons. The Balaban J connectivity index is 1.47. The molecule has 3 heterocycles. The second kappa shape index (κ2) is 8.16. The van der Waals surface area contributed by atoms with Crippen molar-refractivity contribution >= 4 is 5.91 Å². The molecular formula is C19H24N4O2. The highest BCUT2D eigenvalue weighted by atomic mass is 16.5. The number of hydrogen-bond donors (Lipinski definition) is 1. The maximum Gasteiger partial charge on any atom is 0.220 e. The van der Waals surface area contributed by atoms with Crippen molar-refractivity contribution in [2.45, 2.75) is 51.2 Å². The van der Waals surface area contributed by atoms with Gasteiger partial charge in [-0.05, 0) is 44.2 Å². The van der Waals surface area contributed by atoms with Gasteiger partial charge in [-0.15, -0.1) is 0 Å². The Morgan fingerprint density at radius 2 is 2.08 bits per heavy atom. The van der Waals surface area contributed by atoms with Crippen LogP contribution in [0.1, 0.15) is 49.6 Å². The van der Waals surface area contributed by atoms with E-state index in [-0.39, 0.29) is 11.5 Å². The van der Waals surface area contributed by atoms with Crippen LogP contribution >= 0.6 is 0 Å². The highest BCUT2D eigenvalue weighted by Gasteiger charge is 2.32. The molecule has 25 heavy (non-hydrogen) atoms. The number of carbonyl (C=O) groups excluding carboxylic acids is 1. The number of pyridine rings is 1. The lowest BCUT2D eigenvalue weighted by molar-refractivity contribution is -0.121. The zero-order chi connectivity index (χ0) is 17.5. The van der Waals surface area contributed by atoms with Crippen molar-refractivity contribution < 1.29 is 9.53 Å². The fraction of sp³-hybridized carbons (Fsp3) is 0.474. The van der Waals surface area contributed by atoms with Crippen LogP contribution in [0.2, 0.25) is 0 Å². The van der Waals surface area contributed by atoms with Gasteiger partial charge in [0.05, 0.1) is 0 Å². The topological polar surface area (TPSA) is 77.0 Å². The van der Waals surface area contributed by atoms with Crippen LogP contribution in [0.3, 0.4) is 0 Å². The third-order valence-corrected chi connectivity index (χ3v) is 4.50. The summed E-state index contributed by atoms with van der Waals surface area (Å²) in [4.78, 5) is 24.9. The average Bonchev–Trinajstić information content (AvgIpc) is 2.66. The molecule has 0 bridgehead atoms. The lowest BCUT2D eigenvalue weighted by Gasteiger charge is -2.32. The summed E-state index contributed by atoms with van der Waals surface area (Å²) in [6.45, 7) is 3.24. The summed E-state index contributed by atoms with van der Waals surface area (Å²) in [5, 5.41) is 2.91. The van der Waals surface area contributed by atoms with Gasteiger partial charge >= 0.3 is 0 Å². The van der Waals surface area contributed by atoms with Crippen molar-refractivity contribution in [1.29, 1.82) is 0 Å². The lowest BCUT2D eigenvalue weighted by atomic mass is 9.95. The van der Waals surface area contributed by atoms with Crippen LogP contribution in [0.15, 0.2) is 36.9 Å². The van der Waals surface area contributed by atoms with Crippen LogP contribution in [0.4, 0.5) is 0 Å². The molecule has 1 atom stereocenters. The highest BCUT2D eigenvalue weighted by Crippen LogP contribution is 2.32. The summed E-state index contributed by atoms with van der Waals surface area (Å²) < 4.78 is 5.86. The summed E-state index contributed by atoms with van der Waals surface area (Å²) in [5.41, 5.74) is 1.56. The van der Waals surface area contributed by atoms with Gasteiger partial charge in [0.15, 0.2) is 5.82 Å². The summed E-state index contributed by atoms with van der Waals surface area (Å²) >= 11 is 0. The average molecular weight is 340 g/mol. The first-order valence-corrected chi connectivity index (χ1v) is 8.77. The monoisotopic (exact) mass is 340 g/mol. The van der Waals surface area contributed by atoms with Gasteiger partial charge in [-0.2, -0.15) is 0 Å². The normalized spacial score (nSPS) is 20.2. The minimum absolute atomic E-state index is 0.00973. The van der Waals surface area contributed by atoms with Crippen molar-refractivity contribution in [3.63, 3.8) is 0 Å². The molecule has 0 saturated carbocycles. The molecule has 6 nitrogen and oxygen atoms in total. The summed E-state index contributed by atoms with van der Waals surface area (Å²) in [7, 11) is 0. The molecule has 0 aromatic carbocycles. The smallest absolute Gasteiger partial charge is 0.220 e. The third kappa shape index (κ3) is 4.82. The molecule has 2 aromatic heterocycles. The second-order valence-corrected chi connectivity index (χ2v) is 6.59. The van der Waals surface area contributed by atoms with E-state index in [2.05, 4.69) is 20.3 Å². The van der Waals surface area contributed by atoms with Gasteiger partial charge in [0.2, 0.25) is 5.91 Å². The molecular weight excluding hydrogens is 316 g/mol. The summed E-state index contributed by atoms with van der Waals surface area (Å²) in [5.74, 6) is 0.731. The number of amides is 1. The quantitative estimate of drug-likeness (QED) is 0.874. The first-order valence-electron chi connectivity index (χ1n) is 8.77. The number of ether oxygens (including phenoxy) is 1. The van der Waals surface area contributed by atoms with Gasteiger partial charge in [-0.25, -0.2) is 9.97 Å². The van der Waals surface area contributed by atoms with E-state index >= 15 is 0 Å². The molecule has 2 aromatic rings. The molecule has 3 rings (SSSR count). The SMILES string of the molecule is C[C@@]1(c2ncc(CNC(=O)CCc3cccnc3)cn2)CCCCO1. The summed E-state index contributed by atoms with van der Waals surface area (Å²) in [6.07, 6.45) is 11.4. The van der Waals surface area contributed by atoms with Crippen molar-refractivity contribution in [3.8, 4) is 0 Å². The number of carbonyl (C=O) groups is 1. The fourth-order valence-electron chi connectivity index (χ4n) is 2.92. The largest absolute Gasteiger partial charge is 0.367 e. The van der Waals surface area contributed by atoms with Crippen LogP contribution in [-0.4, -0.2) is 27.5 Å². The number of hydrogen-bond acceptors (Lipinski definition) is 5. The molecule has 0 unspecified atom stereocenters. The zero-order valence-corrected chi connectivity index (χ0v) is 14.6. The van der Waals surface area contributed by atoms with E-state index in [1.54, 1.807) is 24.8 Å². The van der Waals surface area contributed by atoms with Crippen LogP contribution in [0.5, 0.6) is 0 Å². The Bertz CT molecular complexity index is 682. The maximum absolute atomic E-state index is 12.0. The van der Waals surface area contributed by atoms with Gasteiger partial charge < -0.3 is 10.1 Å². The molecule has 1 aliphatic heterocycles. The minimum Gasteiger partial charge on any atom is -0.367 e. The van der Waals surface area contributed by atoms with E-state index in [0.29, 0.717) is 19.4 Å². The molecule has 1 N–H and O–H groups in total. The van der Waals surface area contributed by atoms with E-state index in [0.717, 1.165) is 42.8 Å². The van der Waals surface area contributed by atoms with E-state index < -0.39 is 0 Å². The van der Waals surface area contributed by atoms with E-state index in [4.69, 9.17) is 4.74 Å². The maximum atomic E-state index is 12.0. The molecule has 1 fully saturated rings. The molecule has 6 heteroatoms. The molecule has 1 amide bonds. The fourth-order valence-corrected chi connectivity index (χ4v) is 2.92. The van der Waals surface area contributed by atoms with Crippen molar-refractivity contribution in [2.75, 3.05) is 6.61 Å². The van der Waals surface area contributed by atoms with Gasteiger partial charge in [-0.1, -0.05) is 6.07 Å². The van der Waals surface area contributed by atoms with E-state index in [1.807, 2.05) is 19.1 Å². The first kappa shape index (κ1) is 17.5. The predicted octanol–water partition coefficient (Wildman–Crippen LogP) is 2.54. The molecule has 0 spiro atoms. The van der Waals surface area contributed by atoms with E-state index in [9.17, 15) is 4.79 Å². The van der Waals surface area contributed by atoms with E-state index in [1.165, 1.54) is 0 Å². The Kier molecular flexibility index (Phi) is 5.71. The molecule has 1 saturated heterocycles. The van der Waals surface area contributed by atoms with Crippen molar-refractivity contribution in [3.05, 3.63) is 53.9 Å². The van der Waals surface area contributed by atoms with Crippen LogP contribution in [-0.2, 0) is 28.1 Å². The van der Waals surface area contributed by atoms with Gasteiger partial charge in [0.25, 0.3) is 0 Å². The first-order chi connectivity index (χ1) is 12.2. The van der Waals surface area contributed by atoms with Gasteiger partial charge in [0.1, 0.15) is 5.60 Å². The Morgan fingerprint density at radius 3 is 2.76 bits per heavy atom. The van der Waals surface area contributed by atoms with Crippen LogP contribution in [0, 0.1) is 0 Å². The van der Waals surface area contributed by atoms with Crippen molar-refractivity contribution in [1.82, 2.24) is 20.3 Å². The van der Waals surface area contributed by atoms with Gasteiger partial charge in [0, 0.05) is 49.9 Å². The zero-order valence-electron chi connectivity index (χ0n) is 14.6. The number of rotatable bonds is 6. The number of aryl methyl sites for hydroxylation is 1. The lowest BCUT2D eigenvalue weighted by Crippen LogP contribution is -2.32. The molecule has 1 aliphatic rings. The van der Waals surface area contributed by atoms with Gasteiger partial charge in [-0.3, -0.25) is 9.78 Å². The highest BCUT2D eigenvalue weighted by molar-refractivity contribution is 5.76. The second-order valence-electron chi connectivity index (χ2n) is 6.59. The standard InChI is InChI=1S/C19H24N4O2/c1-19(8-2-3-10-25-19)18-22-13-16(14-23-18)12-21-17(24)7-6-15-5-4-9-20-11-15/h4-5,9,11,13-14H,2-3,6-8,10,12H2,1H3,(H,21,24)/t19-/m0/s1. The number of nitrogens with zero attached hydrogens (tertiary/aromatic N) is 3. The molecule has 0 aliphatic carbocycles. The number of aromatic nitrogens is 3. The van der Waals surface area contributed by atoms with Crippen molar-refractivity contribution in [2.24, 2.45) is 0 Å². The Morgan fingerprint density at radius 1 is 1.24 bits per heavy atom. The summed E-state index contributed by atoms with van der Waals surface area (Å²) in [6, 6.07) is 3.85. The Labute approximate surface area is 148 Å². The minimum atomic E-state index is -0.385. The Hall–Kier alpha value is -2.34. The van der Waals surface area contributed by atoms with Crippen LogP contribution < -0.4 is 5.32 Å².